The zero-order chi connectivity index (χ0) is 14.8. The van der Waals surface area contributed by atoms with Gasteiger partial charge in [-0.15, -0.1) is 0 Å². The molecule has 1 heterocycles. The first-order valence-corrected chi connectivity index (χ1v) is 8.13. The number of allylic oxidation sites excluding steroid dienone is 1. The summed E-state index contributed by atoms with van der Waals surface area (Å²) in [6.45, 7) is 0.637. The van der Waals surface area contributed by atoms with E-state index < -0.39 is 12.6 Å². The molecule has 4 fully saturated rings. The first-order valence-electron chi connectivity index (χ1n) is 8.13. The maximum absolute atomic E-state index is 12.7. The van der Waals surface area contributed by atoms with Crippen LogP contribution >= 0.6 is 0 Å². The van der Waals surface area contributed by atoms with Crippen LogP contribution in [0.1, 0.15) is 38.5 Å². The molecule has 0 saturated heterocycles. The third-order valence-corrected chi connectivity index (χ3v) is 6.12. The summed E-state index contributed by atoms with van der Waals surface area (Å²) in [6, 6.07) is 0.492. The summed E-state index contributed by atoms with van der Waals surface area (Å²) in [6.07, 6.45) is 3.53. The SMILES string of the molecule is CN1CN(C2C3CC4CC(C3)CC2C4)C=C1CC(F)(F)F. The van der Waals surface area contributed by atoms with E-state index in [1.165, 1.54) is 32.1 Å². The molecule has 21 heavy (non-hydrogen) atoms. The molecular formula is C16H23F3N2. The fourth-order valence-electron chi connectivity index (χ4n) is 5.67. The molecule has 5 aliphatic rings. The number of rotatable bonds is 2. The van der Waals surface area contributed by atoms with E-state index in [4.69, 9.17) is 0 Å². The molecular weight excluding hydrogens is 277 g/mol. The van der Waals surface area contributed by atoms with Crippen molar-refractivity contribution in [2.45, 2.75) is 50.7 Å². The fourth-order valence-corrected chi connectivity index (χ4v) is 5.67. The van der Waals surface area contributed by atoms with Gasteiger partial charge >= 0.3 is 6.18 Å². The largest absolute Gasteiger partial charge is 0.394 e. The first-order chi connectivity index (χ1) is 9.89. The summed E-state index contributed by atoms with van der Waals surface area (Å²) in [7, 11) is 1.79. The molecule has 0 N–H and O–H groups in total. The minimum atomic E-state index is -4.11. The fraction of sp³-hybridized carbons (Fsp3) is 0.875. The lowest BCUT2D eigenvalue weighted by atomic mass is 9.54. The Kier molecular flexibility index (Phi) is 2.99. The van der Waals surface area contributed by atoms with Gasteiger partial charge < -0.3 is 9.80 Å². The number of hydrogen-bond acceptors (Lipinski definition) is 2. The molecule has 118 valence electrons. The summed E-state index contributed by atoms with van der Waals surface area (Å²) in [4.78, 5) is 4.01. The van der Waals surface area contributed by atoms with Crippen molar-refractivity contribution >= 4 is 0 Å². The van der Waals surface area contributed by atoms with E-state index in [1.54, 1.807) is 18.1 Å². The number of halogens is 3. The minimum Gasteiger partial charge on any atom is -0.359 e. The number of hydrogen-bond donors (Lipinski definition) is 0. The third kappa shape index (κ3) is 2.42. The highest BCUT2D eigenvalue weighted by Gasteiger charge is 2.50. The van der Waals surface area contributed by atoms with Crippen LogP contribution in [0.3, 0.4) is 0 Å². The summed E-state index contributed by atoms with van der Waals surface area (Å²) >= 11 is 0. The van der Waals surface area contributed by atoms with Crippen molar-refractivity contribution in [3.63, 3.8) is 0 Å². The Morgan fingerprint density at radius 1 is 1.05 bits per heavy atom. The van der Waals surface area contributed by atoms with Gasteiger partial charge in [-0.05, 0) is 55.8 Å². The summed E-state index contributed by atoms with van der Waals surface area (Å²) in [5.74, 6) is 3.25. The van der Waals surface area contributed by atoms with Gasteiger partial charge in [0.15, 0.2) is 0 Å². The highest BCUT2D eigenvalue weighted by Crippen LogP contribution is 2.55. The summed E-state index contributed by atoms with van der Waals surface area (Å²) < 4.78 is 38.0. The van der Waals surface area contributed by atoms with Crippen molar-refractivity contribution in [3.8, 4) is 0 Å². The molecule has 2 nitrogen and oxygen atoms in total. The maximum atomic E-state index is 12.7. The molecule has 0 atom stereocenters. The van der Waals surface area contributed by atoms with Gasteiger partial charge in [-0.25, -0.2) is 0 Å². The Morgan fingerprint density at radius 3 is 2.14 bits per heavy atom. The van der Waals surface area contributed by atoms with E-state index in [2.05, 4.69) is 4.90 Å². The maximum Gasteiger partial charge on any atom is 0.394 e. The van der Waals surface area contributed by atoms with Gasteiger partial charge in [-0.1, -0.05) is 0 Å². The summed E-state index contributed by atoms with van der Waals surface area (Å²) in [5, 5.41) is 0. The van der Waals surface area contributed by atoms with Crippen LogP contribution in [0.15, 0.2) is 11.9 Å². The normalized spacial score (nSPS) is 41.9. The van der Waals surface area contributed by atoms with E-state index in [9.17, 15) is 13.2 Å². The first kappa shape index (κ1) is 13.8. The predicted octanol–water partition coefficient (Wildman–Crippen LogP) is 3.81. The van der Waals surface area contributed by atoms with E-state index in [1.807, 2.05) is 0 Å². The molecule has 4 saturated carbocycles. The van der Waals surface area contributed by atoms with Gasteiger partial charge in [0.05, 0.1) is 13.1 Å². The Hall–Kier alpha value is -0.870. The lowest BCUT2D eigenvalue weighted by molar-refractivity contribution is -0.129. The monoisotopic (exact) mass is 300 g/mol. The highest BCUT2D eigenvalue weighted by molar-refractivity contribution is 5.12. The van der Waals surface area contributed by atoms with Crippen molar-refractivity contribution < 1.29 is 13.2 Å². The second-order valence-electron chi connectivity index (χ2n) is 7.69. The van der Waals surface area contributed by atoms with Gasteiger partial charge in [0.1, 0.15) is 0 Å². The van der Waals surface area contributed by atoms with Crippen molar-refractivity contribution in [1.82, 2.24) is 9.80 Å². The molecule has 0 unspecified atom stereocenters. The molecule has 0 radical (unpaired) electrons. The number of alkyl halides is 3. The van der Waals surface area contributed by atoms with Gasteiger partial charge in [0.2, 0.25) is 0 Å². The average molecular weight is 300 g/mol. The average Bonchev–Trinajstić information content (AvgIpc) is 2.66. The highest BCUT2D eigenvalue weighted by atomic mass is 19.4. The molecule has 0 amide bonds. The molecule has 0 spiro atoms. The van der Waals surface area contributed by atoms with Crippen LogP contribution in [0.25, 0.3) is 0 Å². The van der Waals surface area contributed by atoms with Crippen molar-refractivity contribution in [2.75, 3.05) is 13.7 Å². The zero-order valence-electron chi connectivity index (χ0n) is 12.4. The quantitative estimate of drug-likeness (QED) is 0.765. The molecule has 5 heteroatoms. The predicted molar refractivity (Wildman–Crippen MR) is 74.1 cm³/mol. The minimum absolute atomic E-state index is 0.427. The van der Waals surface area contributed by atoms with Gasteiger partial charge in [-0.2, -0.15) is 13.2 Å². The topological polar surface area (TPSA) is 6.48 Å². The lowest BCUT2D eigenvalue weighted by Gasteiger charge is -2.56. The van der Waals surface area contributed by atoms with Crippen LogP contribution in [-0.2, 0) is 0 Å². The standard InChI is InChI=1S/C16H23F3N2/c1-20-9-21(8-14(20)7-16(17,18)19)15-12-3-10-2-11(5-12)6-13(15)4-10/h8,10-13,15H,2-7,9H2,1H3. The van der Waals surface area contributed by atoms with Crippen molar-refractivity contribution in [3.05, 3.63) is 11.9 Å². The second-order valence-corrected chi connectivity index (χ2v) is 7.69. The Bertz CT molecular complexity index is 429. The third-order valence-electron chi connectivity index (χ3n) is 6.12. The van der Waals surface area contributed by atoms with Crippen LogP contribution in [0.2, 0.25) is 0 Å². The molecule has 0 aromatic heterocycles. The van der Waals surface area contributed by atoms with Gasteiger partial charge in [0.25, 0.3) is 0 Å². The lowest BCUT2D eigenvalue weighted by Crippen LogP contribution is -2.54. The van der Waals surface area contributed by atoms with Crippen molar-refractivity contribution in [1.29, 1.82) is 0 Å². The summed E-state index contributed by atoms with van der Waals surface area (Å²) in [5.41, 5.74) is 0.427. The van der Waals surface area contributed by atoms with Crippen LogP contribution < -0.4 is 0 Å². The van der Waals surface area contributed by atoms with Crippen molar-refractivity contribution in [2.24, 2.45) is 23.7 Å². The van der Waals surface area contributed by atoms with E-state index in [-0.39, 0.29) is 0 Å². The molecule has 5 rings (SSSR count). The Balaban J connectivity index is 1.52. The van der Waals surface area contributed by atoms with Crippen LogP contribution in [-0.4, -0.2) is 35.7 Å². The Labute approximate surface area is 124 Å². The molecule has 0 aromatic carbocycles. The van der Waals surface area contributed by atoms with Crippen LogP contribution in [0.4, 0.5) is 13.2 Å². The van der Waals surface area contributed by atoms with E-state index >= 15 is 0 Å². The van der Waals surface area contributed by atoms with Crippen LogP contribution in [0.5, 0.6) is 0 Å². The van der Waals surface area contributed by atoms with Gasteiger partial charge in [-0.3, -0.25) is 0 Å². The number of nitrogens with zero attached hydrogens (tertiary/aromatic N) is 2. The molecule has 1 aliphatic heterocycles. The van der Waals surface area contributed by atoms with E-state index in [0.717, 1.165) is 23.7 Å². The van der Waals surface area contributed by atoms with Crippen LogP contribution in [0, 0.1) is 23.7 Å². The molecule has 4 aliphatic carbocycles. The van der Waals surface area contributed by atoms with E-state index in [0.29, 0.717) is 18.4 Å². The smallest absolute Gasteiger partial charge is 0.359 e. The Morgan fingerprint density at radius 2 is 1.62 bits per heavy atom. The van der Waals surface area contributed by atoms with Gasteiger partial charge in [0, 0.05) is 25.0 Å². The molecule has 0 aromatic rings. The second kappa shape index (κ2) is 4.56. The molecule has 4 bridgehead atoms. The zero-order valence-corrected chi connectivity index (χ0v) is 12.4.